The first-order chi connectivity index (χ1) is 7.46. The Labute approximate surface area is 91.1 Å². The summed E-state index contributed by atoms with van der Waals surface area (Å²) in [7, 11) is 0. The van der Waals surface area contributed by atoms with E-state index in [0.717, 1.165) is 6.07 Å². The lowest BCUT2D eigenvalue weighted by atomic mass is 10.1. The fourth-order valence-corrected chi connectivity index (χ4v) is 1.51. The minimum atomic E-state index is -2.53. The van der Waals surface area contributed by atoms with Gasteiger partial charge in [0.1, 0.15) is 5.75 Å². The Kier molecular flexibility index (Phi) is 1.09. The lowest BCUT2D eigenvalue weighted by Gasteiger charge is -2.06. The van der Waals surface area contributed by atoms with E-state index in [1.165, 1.54) is 0 Å². The van der Waals surface area contributed by atoms with Gasteiger partial charge in [-0.2, -0.15) is 0 Å². The standard InChI is InChI=1S/C8H8Br2O/c1-4-3-6(11)8(10)5(2)7(4)9/h3,11H,1-2H3/i1D3,2D3. The zero-order valence-electron chi connectivity index (χ0n) is 11.3. The van der Waals surface area contributed by atoms with Crippen LogP contribution in [-0.2, 0) is 0 Å². The van der Waals surface area contributed by atoms with E-state index in [-0.39, 0.29) is 20.1 Å². The number of phenols is 1. The Morgan fingerprint density at radius 1 is 1.36 bits per heavy atom. The summed E-state index contributed by atoms with van der Waals surface area (Å²) in [5, 5.41) is 9.56. The maximum Gasteiger partial charge on any atom is 0.130 e. The monoisotopic (exact) mass is 284 g/mol. The molecule has 0 aliphatic carbocycles. The molecule has 0 spiro atoms. The summed E-state index contributed by atoms with van der Waals surface area (Å²) < 4.78 is 43.7. The lowest BCUT2D eigenvalue weighted by Crippen LogP contribution is -1.83. The van der Waals surface area contributed by atoms with Crippen LogP contribution in [0.2, 0.25) is 0 Å². The number of aromatic hydroxyl groups is 1. The van der Waals surface area contributed by atoms with E-state index in [1.807, 2.05) is 0 Å². The third kappa shape index (κ3) is 1.59. The smallest absolute Gasteiger partial charge is 0.130 e. The Balaban J connectivity index is 3.67. The van der Waals surface area contributed by atoms with E-state index in [9.17, 15) is 5.11 Å². The van der Waals surface area contributed by atoms with Gasteiger partial charge in [-0.1, -0.05) is 15.9 Å². The molecule has 3 heteroatoms. The minimum absolute atomic E-state index is 0.0302. The van der Waals surface area contributed by atoms with Crippen LogP contribution in [0.25, 0.3) is 0 Å². The number of aryl methyl sites for hydroxylation is 1. The number of hydrogen-bond donors (Lipinski definition) is 1. The first-order valence-electron chi connectivity index (χ1n) is 5.68. The van der Waals surface area contributed by atoms with E-state index < -0.39 is 19.5 Å². The van der Waals surface area contributed by atoms with Crippen molar-refractivity contribution in [3.63, 3.8) is 0 Å². The average Bonchev–Trinajstić information content (AvgIpc) is 2.07. The van der Waals surface area contributed by atoms with Crippen molar-refractivity contribution < 1.29 is 13.3 Å². The predicted octanol–water partition coefficient (Wildman–Crippen LogP) is 3.53. The van der Waals surface area contributed by atoms with Gasteiger partial charge in [-0.15, -0.1) is 0 Å². The molecular formula is C8H8Br2O. The third-order valence-electron chi connectivity index (χ3n) is 1.18. The SMILES string of the molecule is [2H]C([2H])([2H])c1cc(O)c(Br)c(C([2H])([2H])[2H])c1Br. The van der Waals surface area contributed by atoms with Crippen LogP contribution in [0.1, 0.15) is 19.4 Å². The van der Waals surface area contributed by atoms with Gasteiger partial charge in [-0.3, -0.25) is 0 Å². The van der Waals surface area contributed by atoms with Crippen molar-refractivity contribution >= 4 is 31.9 Å². The Hall–Kier alpha value is -0.0200. The van der Waals surface area contributed by atoms with E-state index in [1.54, 1.807) is 0 Å². The second kappa shape index (κ2) is 3.15. The van der Waals surface area contributed by atoms with Gasteiger partial charge in [0.05, 0.1) is 4.47 Å². The topological polar surface area (TPSA) is 20.2 Å². The van der Waals surface area contributed by atoms with Crippen LogP contribution < -0.4 is 0 Å². The Morgan fingerprint density at radius 2 is 2.09 bits per heavy atom. The minimum Gasteiger partial charge on any atom is -0.507 e. The molecule has 11 heavy (non-hydrogen) atoms. The van der Waals surface area contributed by atoms with Crippen LogP contribution in [0.5, 0.6) is 5.75 Å². The van der Waals surface area contributed by atoms with Gasteiger partial charge in [0.15, 0.2) is 0 Å². The lowest BCUT2D eigenvalue weighted by molar-refractivity contribution is 0.470. The van der Waals surface area contributed by atoms with E-state index in [2.05, 4.69) is 31.9 Å². The fourth-order valence-electron chi connectivity index (χ4n) is 0.623. The first kappa shape index (κ1) is 3.79. The molecule has 0 heterocycles. The molecular weight excluding hydrogens is 272 g/mol. The molecule has 1 aromatic carbocycles. The van der Waals surface area contributed by atoms with Crippen molar-refractivity contribution in [2.75, 3.05) is 0 Å². The predicted molar refractivity (Wildman–Crippen MR) is 53.0 cm³/mol. The molecule has 60 valence electrons. The highest BCUT2D eigenvalue weighted by molar-refractivity contribution is 9.11. The van der Waals surface area contributed by atoms with Crippen molar-refractivity contribution in [3.8, 4) is 5.75 Å². The highest BCUT2D eigenvalue weighted by atomic mass is 79.9. The zero-order valence-corrected chi connectivity index (χ0v) is 8.45. The average molecular weight is 286 g/mol. The molecule has 0 aliphatic heterocycles. The maximum absolute atomic E-state index is 9.56. The normalized spacial score (nSPS) is 20.5. The van der Waals surface area contributed by atoms with Crippen LogP contribution in [0.15, 0.2) is 15.0 Å². The molecule has 0 amide bonds. The molecule has 0 saturated heterocycles. The third-order valence-corrected chi connectivity index (χ3v) is 2.81. The largest absolute Gasteiger partial charge is 0.507 e. The molecule has 0 saturated carbocycles. The van der Waals surface area contributed by atoms with Gasteiger partial charge < -0.3 is 5.11 Å². The van der Waals surface area contributed by atoms with Gasteiger partial charge >= 0.3 is 0 Å². The van der Waals surface area contributed by atoms with E-state index in [0.29, 0.717) is 0 Å². The molecule has 0 aliphatic rings. The molecule has 1 nitrogen and oxygen atoms in total. The summed E-state index contributed by atoms with van der Waals surface area (Å²) in [5.74, 6) is -0.412. The quantitative estimate of drug-likeness (QED) is 0.773. The Bertz CT molecular complexity index is 451. The van der Waals surface area contributed by atoms with Crippen LogP contribution in [0.3, 0.4) is 0 Å². The molecule has 0 fully saturated rings. The second-order valence-corrected chi connectivity index (χ2v) is 3.53. The van der Waals surface area contributed by atoms with Crippen molar-refractivity contribution in [2.45, 2.75) is 13.7 Å². The molecule has 0 bridgehead atoms. The van der Waals surface area contributed by atoms with Crippen molar-refractivity contribution in [1.29, 1.82) is 0 Å². The summed E-state index contributed by atoms with van der Waals surface area (Å²) >= 11 is 5.92. The van der Waals surface area contributed by atoms with Gasteiger partial charge in [-0.25, -0.2) is 0 Å². The van der Waals surface area contributed by atoms with Gasteiger partial charge in [0.2, 0.25) is 0 Å². The van der Waals surface area contributed by atoms with E-state index in [4.69, 9.17) is 8.22 Å². The summed E-state index contributed by atoms with van der Waals surface area (Å²) in [6.45, 7) is -5.03. The maximum atomic E-state index is 9.56. The number of phenolic OH excluding ortho intramolecular Hbond substituents is 1. The summed E-state index contributed by atoms with van der Waals surface area (Å²) in [6, 6.07) is 1.02. The van der Waals surface area contributed by atoms with Crippen LogP contribution in [0.4, 0.5) is 0 Å². The highest BCUT2D eigenvalue weighted by Gasteiger charge is 2.07. The van der Waals surface area contributed by atoms with E-state index >= 15 is 0 Å². The van der Waals surface area contributed by atoms with Gasteiger partial charge in [0, 0.05) is 12.7 Å². The summed E-state index contributed by atoms with van der Waals surface area (Å²) in [6.07, 6.45) is 0. The fraction of sp³-hybridized carbons (Fsp3) is 0.250. The first-order valence-corrected chi connectivity index (χ1v) is 4.26. The summed E-state index contributed by atoms with van der Waals surface area (Å²) in [4.78, 5) is 0. The molecule has 1 aromatic rings. The van der Waals surface area contributed by atoms with Crippen molar-refractivity contribution in [3.05, 3.63) is 26.1 Å². The molecule has 1 N–H and O–H groups in total. The van der Waals surface area contributed by atoms with Gasteiger partial charge in [-0.05, 0) is 46.8 Å². The van der Waals surface area contributed by atoms with Crippen LogP contribution in [0, 0.1) is 13.7 Å². The number of benzene rings is 1. The highest BCUT2D eigenvalue weighted by Crippen LogP contribution is 2.34. The van der Waals surface area contributed by atoms with Crippen LogP contribution >= 0.6 is 31.9 Å². The number of rotatable bonds is 0. The second-order valence-electron chi connectivity index (χ2n) is 1.95. The zero-order chi connectivity index (χ0) is 13.6. The Morgan fingerprint density at radius 3 is 2.64 bits per heavy atom. The van der Waals surface area contributed by atoms with Crippen molar-refractivity contribution in [2.24, 2.45) is 0 Å². The van der Waals surface area contributed by atoms with Crippen LogP contribution in [-0.4, -0.2) is 5.11 Å². The molecule has 0 atom stereocenters. The molecule has 1 rings (SSSR count). The number of halogens is 2. The van der Waals surface area contributed by atoms with Gasteiger partial charge in [0.25, 0.3) is 0 Å². The summed E-state index contributed by atoms with van der Waals surface area (Å²) in [5.41, 5.74) is -0.479. The molecule has 0 unspecified atom stereocenters. The van der Waals surface area contributed by atoms with Crippen molar-refractivity contribution in [1.82, 2.24) is 0 Å². The molecule has 0 radical (unpaired) electrons. The number of hydrogen-bond acceptors (Lipinski definition) is 1. The molecule has 0 aromatic heterocycles.